The number of alkyl halides is 3. The van der Waals surface area contributed by atoms with E-state index >= 15 is 0 Å². The zero-order chi connectivity index (χ0) is 28.4. The molecule has 0 fully saturated rings. The van der Waals surface area contributed by atoms with Crippen molar-refractivity contribution >= 4 is 21.7 Å². The van der Waals surface area contributed by atoms with E-state index in [2.05, 4.69) is 0 Å². The Balaban J connectivity index is 1.27. The number of hydrogen-bond acceptors (Lipinski definition) is 5. The molecule has 5 aromatic carbocycles. The van der Waals surface area contributed by atoms with E-state index in [1.807, 2.05) is 54.6 Å². The second kappa shape index (κ2) is 10.7. The van der Waals surface area contributed by atoms with Crippen LogP contribution < -0.4 is 19.6 Å². The highest BCUT2D eigenvalue weighted by Gasteiger charge is 2.40. The number of hydrogen-bond donors (Lipinski definition) is 0. The van der Waals surface area contributed by atoms with E-state index < -0.39 is 23.1 Å². The van der Waals surface area contributed by atoms with Crippen molar-refractivity contribution in [3.63, 3.8) is 0 Å². The van der Waals surface area contributed by atoms with Gasteiger partial charge in [0.2, 0.25) is 11.2 Å². The fraction of sp³-hybridized carbons (Fsp3) is 0.0606. The number of benzene rings is 5. The summed E-state index contributed by atoms with van der Waals surface area (Å²) in [5, 5.41) is 1.56. The largest absolute Gasteiger partial charge is 0.489 e. The fourth-order valence-electron chi connectivity index (χ4n) is 4.36. The molecule has 0 aliphatic carbocycles. The van der Waals surface area contributed by atoms with Gasteiger partial charge in [0, 0.05) is 6.07 Å². The van der Waals surface area contributed by atoms with E-state index in [9.17, 15) is 18.0 Å². The van der Waals surface area contributed by atoms with Crippen LogP contribution in [0.3, 0.4) is 0 Å². The molecule has 0 saturated carbocycles. The highest BCUT2D eigenvalue weighted by molar-refractivity contribution is 5.84. The minimum absolute atomic E-state index is 0.0700. The van der Waals surface area contributed by atoms with Crippen LogP contribution in [0.1, 0.15) is 11.3 Å². The quantitative estimate of drug-likeness (QED) is 0.197. The molecule has 0 bridgehead atoms. The van der Waals surface area contributed by atoms with Gasteiger partial charge in [-0.25, -0.2) is 0 Å². The molecule has 0 unspecified atom stereocenters. The molecule has 5 nitrogen and oxygen atoms in total. The number of ether oxygens (including phenoxy) is 3. The summed E-state index contributed by atoms with van der Waals surface area (Å²) in [4.78, 5) is 13.2. The third-order valence-corrected chi connectivity index (χ3v) is 6.30. The summed E-state index contributed by atoms with van der Waals surface area (Å²) in [6.45, 7) is 0.108. The first-order valence-electron chi connectivity index (χ1n) is 12.6. The Labute approximate surface area is 231 Å². The van der Waals surface area contributed by atoms with E-state index in [0.717, 1.165) is 16.3 Å². The molecule has 0 spiro atoms. The Morgan fingerprint density at radius 1 is 0.634 bits per heavy atom. The predicted octanol–water partition coefficient (Wildman–Crippen LogP) is 9.13. The van der Waals surface area contributed by atoms with E-state index in [1.54, 1.807) is 36.4 Å². The molecular formula is C33H21F3O5. The summed E-state index contributed by atoms with van der Waals surface area (Å²) in [5.74, 6) is -0.851. The first-order chi connectivity index (χ1) is 19.8. The summed E-state index contributed by atoms with van der Waals surface area (Å²) in [6.07, 6.45) is -4.98. The number of halogens is 3. The Hall–Kier alpha value is -5.24. The van der Waals surface area contributed by atoms with Crippen LogP contribution in [0.25, 0.3) is 21.7 Å². The van der Waals surface area contributed by atoms with Gasteiger partial charge in [0.25, 0.3) is 5.76 Å². The number of para-hydroxylation sites is 1. The van der Waals surface area contributed by atoms with Crippen molar-refractivity contribution in [3.8, 4) is 28.7 Å². The molecule has 1 heterocycles. The SMILES string of the molecule is O=c1c(Oc2ccc3ccccc3c2)c(C(F)(F)F)oc2cc(OCc3cccc(Oc4ccccc4)c3)ccc12. The van der Waals surface area contributed by atoms with E-state index in [0.29, 0.717) is 11.5 Å². The molecular weight excluding hydrogens is 533 g/mol. The summed E-state index contributed by atoms with van der Waals surface area (Å²) in [7, 11) is 0. The topological polar surface area (TPSA) is 57.9 Å². The van der Waals surface area contributed by atoms with Gasteiger partial charge in [-0.2, -0.15) is 13.2 Å². The van der Waals surface area contributed by atoms with Gasteiger partial charge in [0.1, 0.15) is 35.2 Å². The maximum atomic E-state index is 14.0. The molecule has 0 saturated heterocycles. The van der Waals surface area contributed by atoms with Crippen LogP contribution in [0.15, 0.2) is 124 Å². The molecule has 0 amide bonds. The van der Waals surface area contributed by atoms with Crippen LogP contribution >= 0.6 is 0 Å². The van der Waals surface area contributed by atoms with Crippen LogP contribution in [0.5, 0.6) is 28.7 Å². The maximum Gasteiger partial charge on any atom is 0.453 e. The normalized spacial score (nSPS) is 11.5. The van der Waals surface area contributed by atoms with Crippen molar-refractivity contribution in [1.29, 1.82) is 0 Å². The third kappa shape index (κ3) is 5.72. The Bertz CT molecular complexity index is 1910. The summed E-state index contributed by atoms with van der Waals surface area (Å²) < 4.78 is 64.4. The standard InChI is InChI=1S/C33H21F3O5/c34-33(35,36)32-31(40-27-14-13-22-8-4-5-9-23(22)18-27)30(37)28-16-15-25(19-29(28)41-32)38-20-21-7-6-12-26(17-21)39-24-10-2-1-3-11-24/h1-19H,20H2. The van der Waals surface area contributed by atoms with Gasteiger partial charge < -0.3 is 18.6 Å². The summed E-state index contributed by atoms with van der Waals surface area (Å²) in [5.41, 5.74) is -0.439. The second-order valence-electron chi connectivity index (χ2n) is 9.21. The van der Waals surface area contributed by atoms with Gasteiger partial charge in [-0.15, -0.1) is 0 Å². The van der Waals surface area contributed by atoms with E-state index in [-0.39, 0.29) is 29.1 Å². The van der Waals surface area contributed by atoms with Crippen molar-refractivity contribution in [1.82, 2.24) is 0 Å². The minimum Gasteiger partial charge on any atom is -0.489 e. The summed E-state index contributed by atoms with van der Waals surface area (Å²) in [6, 6.07) is 32.7. The van der Waals surface area contributed by atoms with Crippen LogP contribution in [0, 0.1) is 0 Å². The second-order valence-corrected chi connectivity index (χ2v) is 9.21. The lowest BCUT2D eigenvalue weighted by atomic mass is 10.1. The molecule has 41 heavy (non-hydrogen) atoms. The molecule has 1 aromatic heterocycles. The van der Waals surface area contributed by atoms with Gasteiger partial charge in [-0.05, 0) is 64.9 Å². The fourth-order valence-corrected chi connectivity index (χ4v) is 4.36. The molecule has 0 N–H and O–H groups in total. The lowest BCUT2D eigenvalue weighted by molar-refractivity contribution is -0.154. The molecule has 204 valence electrons. The van der Waals surface area contributed by atoms with Gasteiger partial charge in [-0.1, -0.05) is 60.7 Å². The Morgan fingerprint density at radius 2 is 1.34 bits per heavy atom. The first-order valence-corrected chi connectivity index (χ1v) is 12.6. The zero-order valence-corrected chi connectivity index (χ0v) is 21.4. The van der Waals surface area contributed by atoms with Crippen molar-refractivity contribution in [2.75, 3.05) is 0 Å². The van der Waals surface area contributed by atoms with Crippen LogP contribution in [0.4, 0.5) is 13.2 Å². The highest BCUT2D eigenvalue weighted by atomic mass is 19.4. The Kier molecular flexibility index (Phi) is 6.81. The van der Waals surface area contributed by atoms with Crippen molar-refractivity contribution in [2.24, 2.45) is 0 Å². The highest BCUT2D eigenvalue weighted by Crippen LogP contribution is 2.39. The third-order valence-electron chi connectivity index (χ3n) is 6.30. The summed E-state index contributed by atoms with van der Waals surface area (Å²) >= 11 is 0. The van der Waals surface area contributed by atoms with Crippen molar-refractivity contribution in [3.05, 3.63) is 137 Å². The number of fused-ring (bicyclic) bond motifs is 2. The molecule has 0 aliphatic rings. The lowest BCUT2D eigenvalue weighted by Crippen LogP contribution is -2.15. The van der Waals surface area contributed by atoms with E-state index in [1.165, 1.54) is 24.3 Å². The van der Waals surface area contributed by atoms with Gasteiger partial charge in [0.05, 0.1) is 5.39 Å². The molecule has 0 atom stereocenters. The van der Waals surface area contributed by atoms with Crippen LogP contribution in [-0.2, 0) is 12.8 Å². The van der Waals surface area contributed by atoms with Gasteiger partial charge >= 0.3 is 6.18 Å². The van der Waals surface area contributed by atoms with Gasteiger partial charge in [0.15, 0.2) is 0 Å². The number of rotatable bonds is 7. The monoisotopic (exact) mass is 554 g/mol. The van der Waals surface area contributed by atoms with Gasteiger partial charge in [-0.3, -0.25) is 4.79 Å². The lowest BCUT2D eigenvalue weighted by Gasteiger charge is -2.14. The molecule has 8 heteroatoms. The predicted molar refractivity (Wildman–Crippen MR) is 149 cm³/mol. The smallest absolute Gasteiger partial charge is 0.453 e. The molecule has 6 rings (SSSR count). The maximum absolute atomic E-state index is 14.0. The zero-order valence-electron chi connectivity index (χ0n) is 21.4. The Morgan fingerprint density at radius 3 is 2.15 bits per heavy atom. The molecule has 0 aliphatic heterocycles. The van der Waals surface area contributed by atoms with Crippen molar-refractivity contribution in [2.45, 2.75) is 12.8 Å². The van der Waals surface area contributed by atoms with E-state index in [4.69, 9.17) is 18.6 Å². The average molecular weight is 555 g/mol. The minimum atomic E-state index is -4.98. The molecule has 6 aromatic rings. The van der Waals surface area contributed by atoms with Crippen LogP contribution in [0.2, 0.25) is 0 Å². The van der Waals surface area contributed by atoms with Crippen LogP contribution in [-0.4, -0.2) is 0 Å². The average Bonchev–Trinajstić information content (AvgIpc) is 2.97. The molecule has 0 radical (unpaired) electrons. The van der Waals surface area contributed by atoms with Crippen molar-refractivity contribution < 1.29 is 31.8 Å². The first kappa shape index (κ1) is 26.0.